The molecule has 0 saturated carbocycles. The first-order valence-electron chi connectivity index (χ1n) is 8.63. The third-order valence-corrected chi connectivity index (χ3v) is 4.11. The molecule has 5 heteroatoms. The van der Waals surface area contributed by atoms with Gasteiger partial charge in [-0.1, -0.05) is 32.0 Å². The Balaban J connectivity index is 1.76. The van der Waals surface area contributed by atoms with E-state index in [1.165, 1.54) is 11.1 Å². The number of aromatic nitrogens is 3. The van der Waals surface area contributed by atoms with Crippen LogP contribution in [-0.2, 0) is 19.4 Å². The van der Waals surface area contributed by atoms with E-state index in [-0.39, 0.29) is 0 Å². The molecule has 0 aliphatic rings. The van der Waals surface area contributed by atoms with E-state index in [0.29, 0.717) is 12.5 Å². The lowest BCUT2D eigenvalue weighted by Gasteiger charge is -2.15. The predicted molar refractivity (Wildman–Crippen MR) is 102 cm³/mol. The second-order valence-corrected chi connectivity index (χ2v) is 5.76. The summed E-state index contributed by atoms with van der Waals surface area (Å²) in [5, 5.41) is 6.73. The van der Waals surface area contributed by atoms with E-state index in [2.05, 4.69) is 57.6 Å². The standard InChI is InChI=1S/C20H23N5/c1-3-16-6-5-7-17(4-2)19(16)24-18-10-13-22-20(25-18)23-14-15-8-11-21-12-9-15/h5-13H,3-4,14H2,1-2H3,(H2,22,23,24,25). The van der Waals surface area contributed by atoms with E-state index >= 15 is 0 Å². The zero-order valence-corrected chi connectivity index (χ0v) is 14.7. The Hall–Kier alpha value is -2.95. The Morgan fingerprint density at radius 3 is 2.28 bits per heavy atom. The van der Waals surface area contributed by atoms with E-state index in [0.717, 1.165) is 29.9 Å². The van der Waals surface area contributed by atoms with E-state index in [1.807, 2.05) is 18.2 Å². The number of benzene rings is 1. The molecular weight excluding hydrogens is 310 g/mol. The number of rotatable bonds is 7. The molecule has 0 amide bonds. The molecule has 3 aromatic rings. The monoisotopic (exact) mass is 333 g/mol. The Morgan fingerprint density at radius 2 is 1.60 bits per heavy atom. The molecule has 3 rings (SSSR count). The van der Waals surface area contributed by atoms with Crippen LogP contribution in [0.15, 0.2) is 55.0 Å². The first kappa shape index (κ1) is 16.9. The number of hydrogen-bond acceptors (Lipinski definition) is 5. The highest BCUT2D eigenvalue weighted by Gasteiger charge is 2.08. The Bertz CT molecular complexity index is 795. The summed E-state index contributed by atoms with van der Waals surface area (Å²) in [6, 6.07) is 12.3. The highest BCUT2D eigenvalue weighted by Crippen LogP contribution is 2.26. The van der Waals surface area contributed by atoms with Crippen LogP contribution in [0.3, 0.4) is 0 Å². The zero-order valence-electron chi connectivity index (χ0n) is 14.7. The number of hydrogen-bond donors (Lipinski definition) is 2. The van der Waals surface area contributed by atoms with Gasteiger partial charge in [0.05, 0.1) is 0 Å². The van der Waals surface area contributed by atoms with Gasteiger partial charge in [-0.2, -0.15) is 4.98 Å². The van der Waals surface area contributed by atoms with Crippen molar-refractivity contribution in [3.05, 3.63) is 71.7 Å². The lowest BCUT2D eigenvalue weighted by molar-refractivity contribution is 1.04. The fourth-order valence-corrected chi connectivity index (χ4v) is 2.73. The van der Waals surface area contributed by atoms with Crippen molar-refractivity contribution >= 4 is 17.5 Å². The molecule has 0 spiro atoms. The minimum atomic E-state index is 0.605. The van der Waals surface area contributed by atoms with Crippen LogP contribution in [0.25, 0.3) is 0 Å². The summed E-state index contributed by atoms with van der Waals surface area (Å²) in [5.41, 5.74) is 4.89. The van der Waals surface area contributed by atoms with Crippen LogP contribution < -0.4 is 10.6 Å². The van der Waals surface area contributed by atoms with Crippen molar-refractivity contribution in [1.82, 2.24) is 15.0 Å². The fourth-order valence-electron chi connectivity index (χ4n) is 2.73. The van der Waals surface area contributed by atoms with Gasteiger partial charge < -0.3 is 10.6 Å². The summed E-state index contributed by atoms with van der Waals surface area (Å²) in [7, 11) is 0. The smallest absolute Gasteiger partial charge is 0.224 e. The van der Waals surface area contributed by atoms with Crippen LogP contribution in [0.4, 0.5) is 17.5 Å². The van der Waals surface area contributed by atoms with Crippen LogP contribution in [-0.4, -0.2) is 15.0 Å². The van der Waals surface area contributed by atoms with Gasteiger partial charge in [0.1, 0.15) is 5.82 Å². The van der Waals surface area contributed by atoms with E-state index in [1.54, 1.807) is 18.6 Å². The van der Waals surface area contributed by atoms with Gasteiger partial charge in [0.15, 0.2) is 0 Å². The predicted octanol–water partition coefficient (Wildman–Crippen LogP) is 4.35. The second-order valence-electron chi connectivity index (χ2n) is 5.76. The highest BCUT2D eigenvalue weighted by molar-refractivity contribution is 5.65. The molecule has 0 aliphatic heterocycles. The lowest BCUT2D eigenvalue weighted by atomic mass is 10.0. The first-order chi connectivity index (χ1) is 12.3. The number of nitrogens with zero attached hydrogens (tertiary/aromatic N) is 3. The topological polar surface area (TPSA) is 62.7 Å². The molecule has 1 aromatic carbocycles. The number of nitrogens with one attached hydrogen (secondary N) is 2. The molecule has 2 aromatic heterocycles. The van der Waals surface area contributed by atoms with Crippen molar-refractivity contribution in [2.45, 2.75) is 33.2 Å². The summed E-state index contributed by atoms with van der Waals surface area (Å²) in [5.74, 6) is 1.40. The van der Waals surface area contributed by atoms with Crippen LogP contribution in [0.2, 0.25) is 0 Å². The Morgan fingerprint density at radius 1 is 0.880 bits per heavy atom. The van der Waals surface area contributed by atoms with Gasteiger partial charge in [-0.05, 0) is 47.7 Å². The molecule has 128 valence electrons. The number of pyridine rings is 1. The van der Waals surface area contributed by atoms with Crippen molar-refractivity contribution < 1.29 is 0 Å². The van der Waals surface area contributed by atoms with Gasteiger partial charge in [0, 0.05) is 30.8 Å². The molecule has 0 unspecified atom stereocenters. The van der Waals surface area contributed by atoms with Crippen molar-refractivity contribution in [3.8, 4) is 0 Å². The number of aryl methyl sites for hydroxylation is 2. The average molecular weight is 333 g/mol. The van der Waals surface area contributed by atoms with Gasteiger partial charge in [-0.25, -0.2) is 4.98 Å². The molecule has 5 nitrogen and oxygen atoms in total. The van der Waals surface area contributed by atoms with Gasteiger partial charge in [-0.15, -0.1) is 0 Å². The van der Waals surface area contributed by atoms with Crippen LogP contribution >= 0.6 is 0 Å². The van der Waals surface area contributed by atoms with E-state index < -0.39 is 0 Å². The number of anilines is 3. The lowest BCUT2D eigenvalue weighted by Crippen LogP contribution is -2.06. The molecule has 0 aliphatic carbocycles. The molecule has 2 N–H and O–H groups in total. The average Bonchev–Trinajstić information content (AvgIpc) is 2.67. The minimum Gasteiger partial charge on any atom is -0.350 e. The third-order valence-electron chi connectivity index (χ3n) is 4.11. The maximum atomic E-state index is 4.58. The largest absolute Gasteiger partial charge is 0.350 e. The first-order valence-corrected chi connectivity index (χ1v) is 8.63. The molecule has 0 radical (unpaired) electrons. The van der Waals surface area contributed by atoms with Crippen LogP contribution in [0.1, 0.15) is 30.5 Å². The van der Waals surface area contributed by atoms with Crippen molar-refractivity contribution in [2.24, 2.45) is 0 Å². The maximum Gasteiger partial charge on any atom is 0.224 e. The van der Waals surface area contributed by atoms with Gasteiger partial charge in [-0.3, -0.25) is 4.98 Å². The van der Waals surface area contributed by atoms with Gasteiger partial charge >= 0.3 is 0 Å². The SMILES string of the molecule is CCc1cccc(CC)c1Nc1ccnc(NCc2ccncc2)n1. The molecule has 2 heterocycles. The minimum absolute atomic E-state index is 0.605. The molecule has 0 atom stereocenters. The normalized spacial score (nSPS) is 10.5. The number of para-hydroxylation sites is 1. The van der Waals surface area contributed by atoms with Gasteiger partial charge in [0.25, 0.3) is 0 Å². The summed E-state index contributed by atoms with van der Waals surface area (Å²) >= 11 is 0. The molecule has 25 heavy (non-hydrogen) atoms. The highest BCUT2D eigenvalue weighted by atomic mass is 15.1. The molecule has 0 bridgehead atoms. The molecular formula is C20H23N5. The maximum absolute atomic E-state index is 4.58. The summed E-state index contributed by atoms with van der Waals surface area (Å²) in [6.45, 7) is 5.00. The third kappa shape index (κ3) is 4.32. The fraction of sp³-hybridized carbons (Fsp3) is 0.250. The van der Waals surface area contributed by atoms with E-state index in [4.69, 9.17) is 0 Å². The zero-order chi connectivity index (χ0) is 17.5. The quantitative estimate of drug-likeness (QED) is 0.673. The van der Waals surface area contributed by atoms with Crippen LogP contribution in [0, 0.1) is 0 Å². The summed E-state index contributed by atoms with van der Waals surface area (Å²) in [6.07, 6.45) is 7.29. The van der Waals surface area contributed by atoms with Crippen molar-refractivity contribution in [3.63, 3.8) is 0 Å². The van der Waals surface area contributed by atoms with Crippen LogP contribution in [0.5, 0.6) is 0 Å². The van der Waals surface area contributed by atoms with Gasteiger partial charge in [0.2, 0.25) is 5.95 Å². The Kier molecular flexibility index (Phi) is 5.57. The summed E-state index contributed by atoms with van der Waals surface area (Å²) < 4.78 is 0. The Labute approximate surface area is 148 Å². The van der Waals surface area contributed by atoms with Crippen molar-refractivity contribution in [2.75, 3.05) is 10.6 Å². The second kappa shape index (κ2) is 8.24. The molecule has 0 fully saturated rings. The summed E-state index contributed by atoms with van der Waals surface area (Å²) in [4.78, 5) is 12.9. The molecule has 0 saturated heterocycles. The van der Waals surface area contributed by atoms with Crippen molar-refractivity contribution in [1.29, 1.82) is 0 Å². The van der Waals surface area contributed by atoms with E-state index in [9.17, 15) is 0 Å².